The van der Waals surface area contributed by atoms with Crippen LogP contribution in [0.1, 0.15) is 5.89 Å². The van der Waals surface area contributed by atoms with Crippen LogP contribution in [0.2, 0.25) is 10.0 Å². The van der Waals surface area contributed by atoms with E-state index in [4.69, 9.17) is 33.0 Å². The van der Waals surface area contributed by atoms with Gasteiger partial charge in [0.05, 0.1) is 6.07 Å². The molecule has 0 aliphatic heterocycles. The Balaban J connectivity index is 2.39. The summed E-state index contributed by atoms with van der Waals surface area (Å²) in [7, 11) is 0. The zero-order chi connectivity index (χ0) is 11.5. The van der Waals surface area contributed by atoms with Gasteiger partial charge in [-0.05, 0) is 18.2 Å². The van der Waals surface area contributed by atoms with E-state index in [1.165, 1.54) is 0 Å². The molecule has 0 aliphatic carbocycles. The van der Waals surface area contributed by atoms with Crippen LogP contribution in [0, 0.1) is 11.3 Å². The Morgan fingerprint density at radius 2 is 1.94 bits per heavy atom. The van der Waals surface area contributed by atoms with Crippen molar-refractivity contribution < 1.29 is 4.52 Å². The predicted octanol–water partition coefficient (Wildman–Crippen LogP) is 3.11. The summed E-state index contributed by atoms with van der Waals surface area (Å²) in [4.78, 5) is 4.03. The standard InChI is InChI=1S/C10H5Cl2N3O/c11-7-3-6(4-8(12)5-7)10-14-9(1-2-13)16-15-10/h3-5H,1H2. The van der Waals surface area contributed by atoms with Crippen molar-refractivity contribution in [3.63, 3.8) is 0 Å². The van der Waals surface area contributed by atoms with E-state index in [1.54, 1.807) is 18.2 Å². The molecule has 2 rings (SSSR count). The molecule has 0 atom stereocenters. The van der Waals surface area contributed by atoms with Gasteiger partial charge in [0.15, 0.2) is 0 Å². The summed E-state index contributed by atoms with van der Waals surface area (Å²) < 4.78 is 4.87. The van der Waals surface area contributed by atoms with Crippen molar-refractivity contribution in [2.45, 2.75) is 6.42 Å². The largest absolute Gasteiger partial charge is 0.338 e. The third kappa shape index (κ3) is 2.32. The molecule has 1 aromatic heterocycles. The maximum atomic E-state index is 8.47. The number of rotatable bonds is 2. The normalized spacial score (nSPS) is 10.1. The number of nitrogens with zero attached hydrogens (tertiary/aromatic N) is 3. The Morgan fingerprint density at radius 3 is 2.56 bits per heavy atom. The van der Waals surface area contributed by atoms with Crippen LogP contribution >= 0.6 is 23.2 Å². The lowest BCUT2D eigenvalue weighted by molar-refractivity contribution is 0.388. The highest BCUT2D eigenvalue weighted by molar-refractivity contribution is 6.35. The molecule has 1 aromatic carbocycles. The Bertz CT molecular complexity index is 539. The van der Waals surface area contributed by atoms with Gasteiger partial charge in [-0.2, -0.15) is 10.2 Å². The van der Waals surface area contributed by atoms with Crippen LogP contribution in [0.3, 0.4) is 0 Å². The second-order valence-electron chi connectivity index (χ2n) is 3.00. The number of hydrogen-bond acceptors (Lipinski definition) is 4. The molecule has 0 radical (unpaired) electrons. The van der Waals surface area contributed by atoms with E-state index in [0.29, 0.717) is 21.4 Å². The zero-order valence-corrected chi connectivity index (χ0v) is 9.46. The molecule has 0 amide bonds. The molecule has 0 saturated carbocycles. The molecule has 0 N–H and O–H groups in total. The molecule has 0 unspecified atom stereocenters. The topological polar surface area (TPSA) is 62.7 Å². The minimum Gasteiger partial charge on any atom is -0.338 e. The lowest BCUT2D eigenvalue weighted by Crippen LogP contribution is -1.83. The lowest BCUT2D eigenvalue weighted by Gasteiger charge is -1.96. The monoisotopic (exact) mass is 253 g/mol. The van der Waals surface area contributed by atoms with Crippen LogP contribution < -0.4 is 0 Å². The number of aromatic nitrogens is 2. The fourth-order valence-electron chi connectivity index (χ4n) is 1.19. The highest BCUT2D eigenvalue weighted by Crippen LogP contribution is 2.25. The molecule has 2 aromatic rings. The van der Waals surface area contributed by atoms with E-state index in [2.05, 4.69) is 10.1 Å². The Labute approximate surface area is 101 Å². The zero-order valence-electron chi connectivity index (χ0n) is 7.94. The van der Waals surface area contributed by atoms with Crippen molar-refractivity contribution in [3.05, 3.63) is 34.1 Å². The first kappa shape index (κ1) is 10.9. The maximum Gasteiger partial charge on any atom is 0.241 e. The van der Waals surface area contributed by atoms with Gasteiger partial charge in [-0.15, -0.1) is 0 Å². The lowest BCUT2D eigenvalue weighted by atomic mass is 10.2. The maximum absolute atomic E-state index is 8.47. The summed E-state index contributed by atoms with van der Waals surface area (Å²) in [6.07, 6.45) is 0.0846. The first-order valence-corrected chi connectivity index (χ1v) is 5.10. The quantitative estimate of drug-likeness (QED) is 0.825. The van der Waals surface area contributed by atoms with E-state index in [0.717, 1.165) is 0 Å². The van der Waals surface area contributed by atoms with Crippen molar-refractivity contribution >= 4 is 23.2 Å². The van der Waals surface area contributed by atoms with Gasteiger partial charge in [-0.1, -0.05) is 28.4 Å². The van der Waals surface area contributed by atoms with E-state index >= 15 is 0 Å². The van der Waals surface area contributed by atoms with Crippen molar-refractivity contribution in [2.24, 2.45) is 0 Å². The van der Waals surface area contributed by atoms with Gasteiger partial charge in [0.1, 0.15) is 6.42 Å². The number of nitriles is 1. The second kappa shape index (κ2) is 4.52. The molecule has 4 nitrogen and oxygen atoms in total. The molecule has 0 spiro atoms. The van der Waals surface area contributed by atoms with Crippen molar-refractivity contribution in [1.29, 1.82) is 5.26 Å². The number of halogens is 2. The van der Waals surface area contributed by atoms with Gasteiger partial charge in [-0.25, -0.2) is 0 Å². The molecule has 6 heteroatoms. The summed E-state index contributed by atoms with van der Waals surface area (Å²) in [6, 6.07) is 6.89. The van der Waals surface area contributed by atoms with Gasteiger partial charge >= 0.3 is 0 Å². The molecular formula is C10H5Cl2N3O. The third-order valence-corrected chi connectivity index (χ3v) is 2.26. The molecule has 1 heterocycles. The Morgan fingerprint density at radius 1 is 1.25 bits per heavy atom. The first-order valence-electron chi connectivity index (χ1n) is 4.35. The van der Waals surface area contributed by atoms with Crippen LogP contribution in [0.15, 0.2) is 22.7 Å². The van der Waals surface area contributed by atoms with E-state index in [9.17, 15) is 0 Å². The smallest absolute Gasteiger partial charge is 0.241 e. The molecular weight excluding hydrogens is 249 g/mol. The summed E-state index contributed by atoms with van der Waals surface area (Å²) in [5.74, 6) is 0.642. The summed E-state index contributed by atoms with van der Waals surface area (Å²) in [5.41, 5.74) is 0.658. The minimum absolute atomic E-state index is 0.0846. The van der Waals surface area contributed by atoms with Crippen molar-refractivity contribution in [3.8, 4) is 17.5 Å². The summed E-state index contributed by atoms with van der Waals surface area (Å²) in [5, 5.41) is 13.2. The van der Waals surface area contributed by atoms with Gasteiger partial charge in [0.2, 0.25) is 11.7 Å². The SMILES string of the molecule is N#CCc1nc(-c2cc(Cl)cc(Cl)c2)no1. The molecule has 16 heavy (non-hydrogen) atoms. The molecule has 80 valence electrons. The van der Waals surface area contributed by atoms with Crippen molar-refractivity contribution in [1.82, 2.24) is 10.1 Å². The molecule has 0 bridgehead atoms. The minimum atomic E-state index is 0.0846. The fourth-order valence-corrected chi connectivity index (χ4v) is 1.72. The van der Waals surface area contributed by atoms with Gasteiger partial charge in [-0.3, -0.25) is 0 Å². The van der Waals surface area contributed by atoms with Crippen LogP contribution in [0.25, 0.3) is 11.4 Å². The van der Waals surface area contributed by atoms with E-state index in [1.807, 2.05) is 6.07 Å². The summed E-state index contributed by atoms with van der Waals surface area (Å²) in [6.45, 7) is 0. The third-order valence-electron chi connectivity index (χ3n) is 1.82. The fraction of sp³-hybridized carbons (Fsp3) is 0.100. The Kier molecular flexibility index (Phi) is 3.09. The molecule has 0 saturated heterocycles. The average Bonchev–Trinajstić information content (AvgIpc) is 2.65. The van der Waals surface area contributed by atoms with Crippen LogP contribution in [-0.4, -0.2) is 10.1 Å². The summed E-state index contributed by atoms with van der Waals surface area (Å²) >= 11 is 11.7. The van der Waals surface area contributed by atoms with Crippen molar-refractivity contribution in [2.75, 3.05) is 0 Å². The number of benzene rings is 1. The number of hydrogen-bond donors (Lipinski definition) is 0. The average molecular weight is 254 g/mol. The molecule has 0 aliphatic rings. The highest BCUT2D eigenvalue weighted by atomic mass is 35.5. The Hall–Kier alpha value is -1.57. The van der Waals surface area contributed by atoms with Gasteiger partial charge in [0.25, 0.3) is 0 Å². The highest BCUT2D eigenvalue weighted by Gasteiger charge is 2.09. The predicted molar refractivity (Wildman–Crippen MR) is 59.1 cm³/mol. The van der Waals surface area contributed by atoms with Gasteiger partial charge in [0, 0.05) is 15.6 Å². The first-order chi connectivity index (χ1) is 7.69. The van der Waals surface area contributed by atoms with E-state index in [-0.39, 0.29) is 12.3 Å². The van der Waals surface area contributed by atoms with Crippen LogP contribution in [-0.2, 0) is 6.42 Å². The van der Waals surface area contributed by atoms with E-state index < -0.39 is 0 Å². The molecule has 0 fully saturated rings. The van der Waals surface area contributed by atoms with Gasteiger partial charge < -0.3 is 4.52 Å². The van der Waals surface area contributed by atoms with Crippen LogP contribution in [0.4, 0.5) is 0 Å². The second-order valence-corrected chi connectivity index (χ2v) is 3.88. The van der Waals surface area contributed by atoms with Crippen LogP contribution in [0.5, 0.6) is 0 Å².